The minimum atomic E-state index is -2.68. The van der Waals surface area contributed by atoms with Crippen LogP contribution in [0.25, 0.3) is 33.5 Å². The van der Waals surface area contributed by atoms with Crippen LogP contribution in [0.4, 0.5) is 0 Å². The van der Waals surface area contributed by atoms with Gasteiger partial charge in [0, 0.05) is 23.5 Å². The lowest BCUT2D eigenvalue weighted by molar-refractivity contribution is -0.660. The molecule has 29 heavy (non-hydrogen) atoms. The van der Waals surface area contributed by atoms with Crippen LogP contribution in [0.1, 0.15) is 34.6 Å². The molecule has 4 rings (SSSR count). The fraction of sp³-hybridized carbons (Fsp3) is 0.179. The van der Waals surface area contributed by atoms with Gasteiger partial charge in [0.25, 0.3) is 0 Å². The first-order valence-electron chi connectivity index (χ1n) is 13.9. The molecule has 144 valence electrons. The summed E-state index contributed by atoms with van der Waals surface area (Å²) in [5.41, 5.74) is 3.20. The van der Waals surface area contributed by atoms with Crippen molar-refractivity contribution in [3.63, 3.8) is 0 Å². The molecule has 1 nitrogen and oxygen atoms in total. The van der Waals surface area contributed by atoms with Gasteiger partial charge in [-0.05, 0) is 73.0 Å². The van der Waals surface area contributed by atoms with Gasteiger partial charge in [-0.1, -0.05) is 60.7 Å². The monoisotopic (exact) mass is 387 g/mol. The molecule has 0 amide bonds. The number of hydrogen-bond donors (Lipinski definition) is 0. The second-order valence-electron chi connectivity index (χ2n) is 7.23. The van der Waals surface area contributed by atoms with E-state index in [0.717, 1.165) is 11.1 Å². The number of aryl methyl sites for hydroxylation is 5. The Morgan fingerprint density at radius 3 is 2.03 bits per heavy atom. The molecule has 0 atom stereocenters. The smallest absolute Gasteiger partial charge is 0.200 e. The van der Waals surface area contributed by atoms with Crippen LogP contribution < -0.4 is 4.57 Å². The van der Waals surface area contributed by atoms with E-state index >= 15 is 0 Å². The molecule has 3 aromatic carbocycles. The van der Waals surface area contributed by atoms with E-state index in [1.807, 2.05) is 37.3 Å². The van der Waals surface area contributed by atoms with E-state index in [-0.39, 0.29) is 27.8 Å². The first-order chi connectivity index (χ1) is 17.6. The van der Waals surface area contributed by atoms with Crippen LogP contribution in [0.5, 0.6) is 0 Å². The van der Waals surface area contributed by atoms with Crippen molar-refractivity contribution in [2.24, 2.45) is 7.05 Å². The predicted octanol–water partition coefficient (Wildman–Crippen LogP) is 6.75. The lowest BCUT2D eigenvalue weighted by atomic mass is 9.88. The van der Waals surface area contributed by atoms with Crippen LogP contribution in [-0.4, -0.2) is 0 Å². The summed E-state index contributed by atoms with van der Waals surface area (Å²) >= 11 is 0. The summed E-state index contributed by atoms with van der Waals surface area (Å²) in [5, 5.41) is 0. The molecule has 0 radical (unpaired) electrons. The summed E-state index contributed by atoms with van der Waals surface area (Å²) in [7, 11) is 1.68. The highest BCUT2D eigenvalue weighted by atomic mass is 14.9. The number of nitrogens with zero attached hydrogens (tertiary/aromatic N) is 1. The Morgan fingerprint density at radius 1 is 0.690 bits per heavy atom. The maximum Gasteiger partial charge on any atom is 0.220 e. The van der Waals surface area contributed by atoms with Crippen molar-refractivity contribution in [1.29, 1.82) is 0 Å². The highest BCUT2D eigenvalue weighted by Crippen LogP contribution is 2.37. The van der Waals surface area contributed by atoms with Gasteiger partial charge in [0.15, 0.2) is 6.20 Å². The Labute approximate surface area is 187 Å². The topological polar surface area (TPSA) is 3.88 Å². The van der Waals surface area contributed by atoms with E-state index < -0.39 is 20.6 Å². The van der Waals surface area contributed by atoms with Gasteiger partial charge in [-0.2, -0.15) is 0 Å². The first-order valence-corrected chi connectivity index (χ1v) is 9.44. The van der Waals surface area contributed by atoms with Crippen molar-refractivity contribution < 1.29 is 16.9 Å². The quantitative estimate of drug-likeness (QED) is 0.342. The zero-order chi connectivity index (χ0) is 28.0. The summed E-state index contributed by atoms with van der Waals surface area (Å²) in [4.78, 5) is 0. The van der Waals surface area contributed by atoms with Crippen LogP contribution >= 0.6 is 0 Å². The lowest BCUT2D eigenvalue weighted by Crippen LogP contribution is -2.32. The van der Waals surface area contributed by atoms with E-state index in [0.29, 0.717) is 16.8 Å². The minimum Gasteiger partial charge on any atom is -0.200 e. The average Bonchev–Trinajstić information content (AvgIpc) is 2.82. The number of aromatic nitrogens is 1. The zero-order valence-electron chi connectivity index (χ0n) is 25.5. The van der Waals surface area contributed by atoms with E-state index in [1.54, 1.807) is 35.9 Å². The highest BCUT2D eigenvalue weighted by Gasteiger charge is 2.22. The second-order valence-corrected chi connectivity index (χ2v) is 7.23. The van der Waals surface area contributed by atoms with Crippen molar-refractivity contribution in [2.45, 2.75) is 27.5 Å². The summed E-state index contributed by atoms with van der Waals surface area (Å²) in [6, 6.07) is 20.8. The molecule has 0 saturated carbocycles. The first kappa shape index (κ1) is 11.1. The number of pyridine rings is 1. The minimum absolute atomic E-state index is 0.00429. The molecular weight excluding hydrogens is 350 g/mol. The molecule has 0 spiro atoms. The molecule has 0 bridgehead atoms. The number of benzene rings is 3. The van der Waals surface area contributed by atoms with Crippen molar-refractivity contribution >= 4 is 0 Å². The van der Waals surface area contributed by atoms with Crippen molar-refractivity contribution in [2.75, 3.05) is 0 Å². The Morgan fingerprint density at radius 2 is 1.38 bits per heavy atom. The van der Waals surface area contributed by atoms with Gasteiger partial charge in [-0.15, -0.1) is 0 Å². The molecule has 0 aliphatic carbocycles. The van der Waals surface area contributed by atoms with Gasteiger partial charge in [-0.25, -0.2) is 4.57 Å². The summed E-state index contributed by atoms with van der Waals surface area (Å²) in [5.74, 6) is 0. The molecule has 0 fully saturated rings. The largest absolute Gasteiger partial charge is 0.220 e. The standard InChI is InChI=1S/C28H28N/c1-19-15-26(28(29(5)18-19)25-14-10-9-11-20(25)2)27-21(3)16-24(17-22(27)4)23-12-7-6-8-13-23/h6-18H,1-5H3/q+1/i1D3,3D3,4D3. The Hall–Kier alpha value is -3.19. The summed E-state index contributed by atoms with van der Waals surface area (Å²) in [6.07, 6.45) is 1.49. The van der Waals surface area contributed by atoms with Crippen molar-refractivity contribution in [3.8, 4) is 33.5 Å². The van der Waals surface area contributed by atoms with Gasteiger partial charge in [0.1, 0.15) is 7.05 Å². The van der Waals surface area contributed by atoms with Gasteiger partial charge in [0.2, 0.25) is 5.69 Å². The van der Waals surface area contributed by atoms with Gasteiger partial charge >= 0.3 is 0 Å². The van der Waals surface area contributed by atoms with Crippen molar-refractivity contribution in [1.82, 2.24) is 0 Å². The van der Waals surface area contributed by atoms with Crippen LogP contribution in [0.15, 0.2) is 79.0 Å². The lowest BCUT2D eigenvalue weighted by Gasteiger charge is -2.17. The molecule has 1 heterocycles. The number of hydrogen-bond acceptors (Lipinski definition) is 0. The van der Waals surface area contributed by atoms with Crippen molar-refractivity contribution in [3.05, 3.63) is 101 Å². The third kappa shape index (κ3) is 3.61. The third-order valence-electron chi connectivity index (χ3n) is 5.16. The highest BCUT2D eigenvalue weighted by molar-refractivity contribution is 5.85. The number of rotatable bonds is 3. The molecule has 4 aromatic rings. The van der Waals surface area contributed by atoms with Gasteiger partial charge in [0.05, 0.1) is 5.56 Å². The Bertz CT molecular complexity index is 1450. The fourth-order valence-corrected chi connectivity index (χ4v) is 3.82. The third-order valence-corrected chi connectivity index (χ3v) is 5.16. The molecule has 1 aromatic heterocycles. The fourth-order valence-electron chi connectivity index (χ4n) is 3.82. The van der Waals surface area contributed by atoms with Crippen LogP contribution in [0.2, 0.25) is 0 Å². The summed E-state index contributed by atoms with van der Waals surface area (Å²) in [6.45, 7) is -5.97. The molecule has 0 saturated heterocycles. The SMILES string of the molecule is [2H]C([2H])([2H])c1cc(-c2c(C([2H])([2H])[2H])cc(-c3ccccc3)cc2C([2H])([2H])[2H])c(-c2ccccc2C)[n+](C)c1. The molecule has 0 aliphatic rings. The average molecular weight is 388 g/mol. The zero-order valence-corrected chi connectivity index (χ0v) is 16.5. The normalized spacial score (nSPS) is 16.8. The molecule has 0 unspecified atom stereocenters. The molecule has 1 heteroatoms. The molecular formula is C28H28N+. The van der Waals surface area contributed by atoms with E-state index in [2.05, 4.69) is 0 Å². The van der Waals surface area contributed by atoms with E-state index in [4.69, 9.17) is 12.3 Å². The summed E-state index contributed by atoms with van der Waals surface area (Å²) < 4.78 is 76.2. The Balaban J connectivity index is 2.23. The molecule has 0 N–H and O–H groups in total. The van der Waals surface area contributed by atoms with Gasteiger partial charge < -0.3 is 0 Å². The van der Waals surface area contributed by atoms with Gasteiger partial charge in [-0.3, -0.25) is 0 Å². The van der Waals surface area contributed by atoms with Crippen LogP contribution in [0.3, 0.4) is 0 Å². The van der Waals surface area contributed by atoms with E-state index in [9.17, 15) is 0 Å². The maximum atomic E-state index is 8.40. The van der Waals surface area contributed by atoms with Crippen LogP contribution in [-0.2, 0) is 7.05 Å². The maximum absolute atomic E-state index is 8.40. The second kappa shape index (κ2) is 7.67. The molecule has 0 aliphatic heterocycles. The van der Waals surface area contributed by atoms with E-state index in [1.165, 1.54) is 24.4 Å². The predicted molar refractivity (Wildman–Crippen MR) is 123 cm³/mol. The van der Waals surface area contributed by atoms with Crippen LogP contribution in [0, 0.1) is 27.5 Å². The Kier molecular flexibility index (Phi) is 2.94.